The van der Waals surface area contributed by atoms with Crippen LogP contribution in [0.3, 0.4) is 0 Å². The average molecular weight is 344 g/mol. The molecule has 0 N–H and O–H groups in total. The second-order valence-electron chi connectivity index (χ2n) is 5.56. The predicted octanol–water partition coefficient (Wildman–Crippen LogP) is 5.53. The number of rotatable bonds is 3. The lowest BCUT2D eigenvalue weighted by Gasteiger charge is -2.07. The minimum absolute atomic E-state index is 0.428. The van der Waals surface area contributed by atoms with Crippen LogP contribution < -0.4 is 0 Å². The largest absolute Gasteiger partial charge is 0.256 e. The van der Waals surface area contributed by atoms with E-state index in [0.29, 0.717) is 11.0 Å². The number of aromatic nitrogens is 3. The van der Waals surface area contributed by atoms with Crippen LogP contribution in [-0.4, -0.2) is 15.0 Å². The number of hydrogen-bond donors (Lipinski definition) is 0. The molecule has 0 amide bonds. The van der Waals surface area contributed by atoms with Crippen molar-refractivity contribution in [2.75, 3.05) is 0 Å². The smallest absolute Gasteiger partial charge is 0.161 e. The predicted molar refractivity (Wildman–Crippen MR) is 101 cm³/mol. The molecule has 0 saturated carbocycles. The Labute approximate surface area is 151 Å². The lowest BCUT2D eigenvalue weighted by molar-refractivity contribution is 1.18. The fourth-order valence-corrected chi connectivity index (χ4v) is 2.81. The van der Waals surface area contributed by atoms with Gasteiger partial charge in [0.15, 0.2) is 5.82 Å². The van der Waals surface area contributed by atoms with E-state index in [1.54, 1.807) is 12.3 Å². The Hall–Kier alpha value is -3.04. The van der Waals surface area contributed by atoms with Crippen LogP contribution in [0.15, 0.2) is 85.1 Å². The molecule has 0 bridgehead atoms. The highest BCUT2D eigenvalue weighted by molar-refractivity contribution is 6.29. The van der Waals surface area contributed by atoms with Crippen LogP contribution in [0.2, 0.25) is 5.15 Å². The Kier molecular flexibility index (Phi) is 4.23. The van der Waals surface area contributed by atoms with E-state index in [9.17, 15) is 0 Å². The monoisotopic (exact) mass is 343 g/mol. The molecule has 2 heterocycles. The topological polar surface area (TPSA) is 38.7 Å². The van der Waals surface area contributed by atoms with Crippen molar-refractivity contribution in [3.05, 3.63) is 90.2 Å². The number of pyridine rings is 1. The zero-order valence-electron chi connectivity index (χ0n) is 13.3. The van der Waals surface area contributed by atoms with Crippen LogP contribution in [0.1, 0.15) is 0 Å². The van der Waals surface area contributed by atoms with Crippen LogP contribution in [0.25, 0.3) is 33.9 Å². The summed E-state index contributed by atoms with van der Waals surface area (Å²) >= 11 is 6.22. The van der Waals surface area contributed by atoms with Gasteiger partial charge in [-0.2, -0.15) is 0 Å². The zero-order chi connectivity index (χ0) is 17.1. The molecule has 0 saturated heterocycles. The molecule has 2 aromatic carbocycles. The number of hydrogen-bond acceptors (Lipinski definition) is 3. The quantitative estimate of drug-likeness (QED) is 0.459. The Morgan fingerprint density at radius 3 is 1.96 bits per heavy atom. The van der Waals surface area contributed by atoms with Crippen LogP contribution in [0, 0.1) is 0 Å². The standard InChI is InChI=1S/C21H14ClN3/c22-20-14-19(24-21(25-20)17-6-2-1-3-7-17)16-11-9-15(10-12-16)18-8-4-5-13-23-18/h1-14H. The van der Waals surface area contributed by atoms with Gasteiger partial charge < -0.3 is 0 Å². The van der Waals surface area contributed by atoms with Crippen molar-refractivity contribution in [1.29, 1.82) is 0 Å². The van der Waals surface area contributed by atoms with Gasteiger partial charge in [-0.3, -0.25) is 4.98 Å². The minimum Gasteiger partial charge on any atom is -0.256 e. The summed E-state index contributed by atoms with van der Waals surface area (Å²) in [4.78, 5) is 13.4. The van der Waals surface area contributed by atoms with Crippen LogP contribution in [0.5, 0.6) is 0 Å². The third-order valence-corrected chi connectivity index (χ3v) is 4.06. The van der Waals surface area contributed by atoms with Crippen molar-refractivity contribution in [1.82, 2.24) is 15.0 Å². The second-order valence-corrected chi connectivity index (χ2v) is 5.95. The summed E-state index contributed by atoms with van der Waals surface area (Å²) < 4.78 is 0. The maximum Gasteiger partial charge on any atom is 0.161 e. The van der Waals surface area contributed by atoms with E-state index in [1.165, 1.54) is 0 Å². The van der Waals surface area contributed by atoms with Gasteiger partial charge >= 0.3 is 0 Å². The number of nitrogens with zero attached hydrogens (tertiary/aromatic N) is 3. The molecule has 25 heavy (non-hydrogen) atoms. The molecule has 0 aliphatic carbocycles. The van der Waals surface area contributed by atoms with E-state index >= 15 is 0 Å². The molecular formula is C21H14ClN3. The minimum atomic E-state index is 0.428. The molecule has 0 fully saturated rings. The molecule has 0 aliphatic heterocycles. The molecule has 2 aromatic heterocycles. The van der Waals surface area contributed by atoms with E-state index in [2.05, 4.69) is 15.0 Å². The zero-order valence-corrected chi connectivity index (χ0v) is 14.1. The normalized spacial score (nSPS) is 10.6. The first-order valence-corrected chi connectivity index (χ1v) is 8.29. The molecular weight excluding hydrogens is 330 g/mol. The summed E-state index contributed by atoms with van der Waals surface area (Å²) in [6, 6.07) is 25.6. The fraction of sp³-hybridized carbons (Fsp3) is 0. The Balaban J connectivity index is 1.71. The van der Waals surface area contributed by atoms with Crippen molar-refractivity contribution in [3.63, 3.8) is 0 Å². The highest BCUT2D eigenvalue weighted by Crippen LogP contribution is 2.26. The first-order valence-electron chi connectivity index (χ1n) is 7.91. The van der Waals surface area contributed by atoms with Gasteiger partial charge in [-0.05, 0) is 12.1 Å². The fourth-order valence-electron chi connectivity index (χ4n) is 2.63. The Morgan fingerprint density at radius 2 is 1.28 bits per heavy atom. The molecule has 4 aromatic rings. The number of benzene rings is 2. The van der Waals surface area contributed by atoms with Crippen molar-refractivity contribution in [3.8, 4) is 33.9 Å². The van der Waals surface area contributed by atoms with Crippen molar-refractivity contribution < 1.29 is 0 Å². The summed E-state index contributed by atoms with van der Waals surface area (Å²) in [7, 11) is 0. The van der Waals surface area contributed by atoms with Crippen molar-refractivity contribution in [2.24, 2.45) is 0 Å². The van der Waals surface area contributed by atoms with Gasteiger partial charge in [0, 0.05) is 29.0 Å². The maximum atomic E-state index is 6.22. The Bertz CT molecular complexity index is 985. The van der Waals surface area contributed by atoms with E-state index in [1.807, 2.05) is 72.8 Å². The van der Waals surface area contributed by atoms with Gasteiger partial charge in [-0.15, -0.1) is 0 Å². The summed E-state index contributed by atoms with van der Waals surface area (Å²) in [6.45, 7) is 0. The molecule has 4 rings (SSSR count). The summed E-state index contributed by atoms with van der Waals surface area (Å²) in [5.41, 5.74) is 4.73. The van der Waals surface area contributed by atoms with Gasteiger partial charge in [-0.1, -0.05) is 72.3 Å². The molecule has 120 valence electrons. The number of halogens is 1. The summed E-state index contributed by atoms with van der Waals surface area (Å²) in [5.74, 6) is 0.622. The first kappa shape index (κ1) is 15.5. The highest BCUT2D eigenvalue weighted by atomic mass is 35.5. The highest BCUT2D eigenvalue weighted by Gasteiger charge is 2.08. The van der Waals surface area contributed by atoms with Gasteiger partial charge in [0.05, 0.1) is 11.4 Å². The molecule has 0 radical (unpaired) electrons. The maximum absolute atomic E-state index is 6.22. The van der Waals surface area contributed by atoms with Gasteiger partial charge in [-0.25, -0.2) is 9.97 Å². The SMILES string of the molecule is Clc1cc(-c2ccc(-c3ccccn3)cc2)nc(-c2ccccc2)n1. The molecule has 4 heteroatoms. The van der Waals surface area contributed by atoms with Gasteiger partial charge in [0.2, 0.25) is 0 Å². The first-order chi connectivity index (χ1) is 12.3. The summed E-state index contributed by atoms with van der Waals surface area (Å²) in [6.07, 6.45) is 1.79. The van der Waals surface area contributed by atoms with Crippen LogP contribution in [0.4, 0.5) is 0 Å². The van der Waals surface area contributed by atoms with Crippen LogP contribution >= 0.6 is 11.6 Å². The summed E-state index contributed by atoms with van der Waals surface area (Å²) in [5, 5.41) is 0.428. The molecule has 0 aliphatic rings. The van der Waals surface area contributed by atoms with Crippen LogP contribution in [-0.2, 0) is 0 Å². The average Bonchev–Trinajstić information content (AvgIpc) is 2.69. The van der Waals surface area contributed by atoms with Gasteiger partial charge in [0.1, 0.15) is 5.15 Å². The molecule has 0 unspecified atom stereocenters. The molecule has 3 nitrogen and oxygen atoms in total. The third kappa shape index (κ3) is 3.42. The lowest BCUT2D eigenvalue weighted by atomic mass is 10.1. The van der Waals surface area contributed by atoms with E-state index in [-0.39, 0.29) is 0 Å². The van der Waals surface area contributed by atoms with Crippen molar-refractivity contribution >= 4 is 11.6 Å². The van der Waals surface area contributed by atoms with Gasteiger partial charge in [0.25, 0.3) is 0 Å². The molecule has 0 atom stereocenters. The lowest BCUT2D eigenvalue weighted by Crippen LogP contribution is -1.93. The third-order valence-electron chi connectivity index (χ3n) is 3.87. The molecule has 0 spiro atoms. The van der Waals surface area contributed by atoms with Crippen molar-refractivity contribution in [2.45, 2.75) is 0 Å². The van der Waals surface area contributed by atoms with E-state index in [4.69, 9.17) is 11.6 Å². The Morgan fingerprint density at radius 1 is 0.600 bits per heavy atom. The van der Waals surface area contributed by atoms with E-state index in [0.717, 1.165) is 28.1 Å². The second kappa shape index (κ2) is 6.83. The van der Waals surface area contributed by atoms with E-state index < -0.39 is 0 Å².